The number of carbonyl (C=O) groups excluding carboxylic acids is 1. The third kappa shape index (κ3) is 2.72. The smallest absolute Gasteiger partial charge is 0.152 e. The average Bonchev–Trinajstić information content (AvgIpc) is 2.30. The Bertz CT molecular complexity index is 451. The standard InChI is InChI=1S/C13H12INO/c14-11-5-3-6-12(8-11)15-13-7-2-1-4-10(13)9-16/h1-4,6-9,11,15H,5H2. The highest BCUT2D eigenvalue weighted by Gasteiger charge is 2.07. The Morgan fingerprint density at radius 1 is 1.38 bits per heavy atom. The van der Waals surface area contributed by atoms with Crippen LogP contribution >= 0.6 is 22.6 Å². The number of nitrogens with one attached hydrogen (secondary N) is 1. The lowest BCUT2D eigenvalue weighted by atomic mass is 10.1. The molecule has 1 aliphatic rings. The number of hydrogen-bond donors (Lipinski definition) is 1. The van der Waals surface area contributed by atoms with Crippen LogP contribution in [0.4, 0.5) is 5.69 Å². The van der Waals surface area contributed by atoms with Crippen LogP contribution < -0.4 is 5.32 Å². The lowest BCUT2D eigenvalue weighted by molar-refractivity contribution is 0.112. The van der Waals surface area contributed by atoms with Gasteiger partial charge in [0.05, 0.1) is 0 Å². The highest BCUT2D eigenvalue weighted by molar-refractivity contribution is 14.1. The van der Waals surface area contributed by atoms with Crippen molar-refractivity contribution in [3.05, 3.63) is 53.8 Å². The number of para-hydroxylation sites is 1. The number of benzene rings is 1. The van der Waals surface area contributed by atoms with E-state index < -0.39 is 0 Å². The molecule has 0 amide bonds. The van der Waals surface area contributed by atoms with Gasteiger partial charge >= 0.3 is 0 Å². The maximum absolute atomic E-state index is 10.9. The first kappa shape index (κ1) is 11.4. The van der Waals surface area contributed by atoms with E-state index in [0.29, 0.717) is 9.49 Å². The van der Waals surface area contributed by atoms with Crippen molar-refractivity contribution in [1.82, 2.24) is 0 Å². The molecule has 82 valence electrons. The van der Waals surface area contributed by atoms with Gasteiger partial charge in [-0.1, -0.05) is 40.8 Å². The van der Waals surface area contributed by atoms with Gasteiger partial charge in [0.1, 0.15) is 0 Å². The molecule has 1 N–H and O–H groups in total. The van der Waals surface area contributed by atoms with Crippen molar-refractivity contribution in [3.8, 4) is 0 Å². The van der Waals surface area contributed by atoms with Crippen LogP contribution in [0.2, 0.25) is 0 Å². The molecular weight excluding hydrogens is 313 g/mol. The number of hydrogen-bond acceptors (Lipinski definition) is 2. The Kier molecular flexibility index (Phi) is 3.77. The highest BCUT2D eigenvalue weighted by Crippen LogP contribution is 2.21. The SMILES string of the molecule is O=Cc1ccccc1NC1=CC(I)CC=C1. The summed E-state index contributed by atoms with van der Waals surface area (Å²) in [6.45, 7) is 0. The quantitative estimate of drug-likeness (QED) is 0.523. The van der Waals surface area contributed by atoms with Crippen LogP contribution in [0.3, 0.4) is 0 Å². The highest BCUT2D eigenvalue weighted by atomic mass is 127. The number of anilines is 1. The van der Waals surface area contributed by atoms with Crippen molar-refractivity contribution in [2.24, 2.45) is 0 Å². The summed E-state index contributed by atoms with van der Waals surface area (Å²) in [5.41, 5.74) is 2.60. The monoisotopic (exact) mass is 325 g/mol. The van der Waals surface area contributed by atoms with Crippen molar-refractivity contribution in [3.63, 3.8) is 0 Å². The van der Waals surface area contributed by atoms with Crippen LogP contribution in [-0.4, -0.2) is 10.2 Å². The van der Waals surface area contributed by atoms with Gasteiger partial charge in [-0.2, -0.15) is 0 Å². The van der Waals surface area contributed by atoms with Crippen LogP contribution in [0.15, 0.2) is 48.2 Å². The van der Waals surface area contributed by atoms with Gasteiger partial charge in [-0.25, -0.2) is 0 Å². The van der Waals surface area contributed by atoms with E-state index in [4.69, 9.17) is 0 Å². The number of alkyl halides is 1. The molecule has 0 aromatic heterocycles. The van der Waals surface area contributed by atoms with Gasteiger partial charge in [-0.15, -0.1) is 0 Å². The Morgan fingerprint density at radius 3 is 2.94 bits per heavy atom. The molecule has 0 aliphatic heterocycles. The molecule has 1 aliphatic carbocycles. The first-order valence-corrected chi connectivity index (χ1v) is 6.38. The maximum atomic E-state index is 10.9. The summed E-state index contributed by atoms with van der Waals surface area (Å²) < 4.78 is 0.522. The Balaban J connectivity index is 2.20. The van der Waals surface area contributed by atoms with Crippen molar-refractivity contribution in [2.75, 3.05) is 5.32 Å². The number of aldehydes is 1. The van der Waals surface area contributed by atoms with Gasteiger partial charge in [-0.05, 0) is 30.7 Å². The molecule has 0 saturated heterocycles. The lowest BCUT2D eigenvalue weighted by Gasteiger charge is -2.14. The second kappa shape index (κ2) is 5.30. The topological polar surface area (TPSA) is 29.1 Å². The fraction of sp³-hybridized carbons (Fsp3) is 0.154. The molecule has 0 bridgehead atoms. The summed E-state index contributed by atoms with van der Waals surface area (Å²) in [7, 11) is 0. The van der Waals surface area contributed by atoms with Crippen LogP contribution in [0, 0.1) is 0 Å². The summed E-state index contributed by atoms with van der Waals surface area (Å²) in [5, 5.41) is 3.27. The minimum Gasteiger partial charge on any atom is -0.355 e. The van der Waals surface area contributed by atoms with Gasteiger partial charge in [-0.3, -0.25) is 4.79 Å². The minimum atomic E-state index is 0.522. The number of carbonyl (C=O) groups is 1. The van der Waals surface area contributed by atoms with Gasteiger partial charge in [0.25, 0.3) is 0 Å². The average molecular weight is 325 g/mol. The molecule has 2 rings (SSSR count). The molecule has 3 heteroatoms. The van der Waals surface area contributed by atoms with Gasteiger partial charge in [0.2, 0.25) is 0 Å². The fourth-order valence-corrected chi connectivity index (χ4v) is 2.28. The summed E-state index contributed by atoms with van der Waals surface area (Å²) in [4.78, 5) is 10.9. The molecule has 1 aromatic rings. The largest absolute Gasteiger partial charge is 0.355 e. The van der Waals surface area contributed by atoms with E-state index in [2.05, 4.69) is 46.1 Å². The summed E-state index contributed by atoms with van der Waals surface area (Å²) in [6, 6.07) is 7.50. The third-order valence-corrected chi connectivity index (χ3v) is 3.25. The number of rotatable bonds is 3. The maximum Gasteiger partial charge on any atom is 0.152 e. The Morgan fingerprint density at radius 2 is 2.19 bits per heavy atom. The van der Waals surface area contributed by atoms with Crippen LogP contribution in [0.5, 0.6) is 0 Å². The Labute approximate surface area is 109 Å². The van der Waals surface area contributed by atoms with Crippen molar-refractivity contribution >= 4 is 34.6 Å². The summed E-state index contributed by atoms with van der Waals surface area (Å²) in [6.07, 6.45) is 8.31. The molecule has 0 fully saturated rings. The Hall–Kier alpha value is -1.10. The molecule has 1 aromatic carbocycles. The molecule has 16 heavy (non-hydrogen) atoms. The van der Waals surface area contributed by atoms with E-state index in [-0.39, 0.29) is 0 Å². The third-order valence-electron chi connectivity index (χ3n) is 2.39. The van der Waals surface area contributed by atoms with E-state index in [0.717, 1.165) is 24.1 Å². The van der Waals surface area contributed by atoms with E-state index in [1.54, 1.807) is 0 Å². The zero-order valence-electron chi connectivity index (χ0n) is 8.69. The fourth-order valence-electron chi connectivity index (χ4n) is 1.60. The van der Waals surface area contributed by atoms with E-state index in [1.165, 1.54) is 0 Å². The number of allylic oxidation sites excluding steroid dienone is 3. The molecule has 0 heterocycles. The zero-order valence-corrected chi connectivity index (χ0v) is 10.8. The van der Waals surface area contributed by atoms with Gasteiger partial charge < -0.3 is 5.32 Å². The molecule has 1 atom stereocenters. The van der Waals surface area contributed by atoms with Crippen LogP contribution in [0.1, 0.15) is 16.8 Å². The van der Waals surface area contributed by atoms with Gasteiger partial charge in [0, 0.05) is 20.9 Å². The van der Waals surface area contributed by atoms with E-state index >= 15 is 0 Å². The molecule has 0 spiro atoms. The first-order valence-electron chi connectivity index (χ1n) is 5.13. The normalized spacial score (nSPS) is 19.1. The van der Waals surface area contributed by atoms with Crippen molar-refractivity contribution in [1.29, 1.82) is 0 Å². The summed E-state index contributed by atoms with van der Waals surface area (Å²) >= 11 is 2.40. The van der Waals surface area contributed by atoms with Crippen molar-refractivity contribution < 1.29 is 4.79 Å². The van der Waals surface area contributed by atoms with E-state index in [1.807, 2.05) is 24.3 Å². The van der Waals surface area contributed by atoms with Gasteiger partial charge in [0.15, 0.2) is 6.29 Å². The van der Waals surface area contributed by atoms with Crippen LogP contribution in [0.25, 0.3) is 0 Å². The lowest BCUT2D eigenvalue weighted by Crippen LogP contribution is -2.06. The molecular formula is C13H12INO. The zero-order chi connectivity index (χ0) is 11.4. The molecule has 1 unspecified atom stereocenters. The second-order valence-corrected chi connectivity index (χ2v) is 5.21. The minimum absolute atomic E-state index is 0.522. The van der Waals surface area contributed by atoms with Crippen molar-refractivity contribution in [2.45, 2.75) is 10.3 Å². The molecule has 0 radical (unpaired) electrons. The van der Waals surface area contributed by atoms with Crippen LogP contribution in [-0.2, 0) is 0 Å². The second-order valence-electron chi connectivity index (χ2n) is 3.61. The predicted octanol–water partition coefficient (Wildman–Crippen LogP) is 3.56. The van der Waals surface area contributed by atoms with E-state index in [9.17, 15) is 4.79 Å². The summed E-state index contributed by atoms with van der Waals surface area (Å²) in [5.74, 6) is 0. The first-order chi connectivity index (χ1) is 7.79. The molecule has 2 nitrogen and oxygen atoms in total. The molecule has 0 saturated carbocycles. The predicted molar refractivity (Wildman–Crippen MR) is 75.1 cm³/mol. The number of halogens is 1.